The molecule has 6 heteroatoms. The lowest BCUT2D eigenvalue weighted by molar-refractivity contribution is -0.119. The molecule has 1 saturated carbocycles. The number of carbonyl (C=O) groups is 1. The number of aryl methyl sites for hydroxylation is 4. The van der Waals surface area contributed by atoms with Crippen molar-refractivity contribution in [3.05, 3.63) is 50.1 Å². The molecule has 4 nitrogen and oxygen atoms in total. The molecule has 2 heterocycles. The van der Waals surface area contributed by atoms with Crippen LogP contribution in [-0.2, 0) is 17.6 Å². The number of ketones is 1. The van der Waals surface area contributed by atoms with Crippen molar-refractivity contribution in [3.63, 3.8) is 0 Å². The standard InChI is InChI=1S/C24H26N2O2S2/c1-14-11-12-15(2)17(13-14)26-23(28)21-16-7-3-5-9-19(16)29-22(21)25-24(26)30-20-10-6-4-8-18(20)27/h11-13,20H,3-10H2,1-2H3. The summed E-state index contributed by atoms with van der Waals surface area (Å²) in [5.74, 6) is 0.290. The number of carbonyl (C=O) groups excluding carboxylic acids is 1. The Kier molecular flexibility index (Phi) is 5.31. The van der Waals surface area contributed by atoms with E-state index in [1.54, 1.807) is 15.9 Å². The summed E-state index contributed by atoms with van der Waals surface area (Å²) in [6.45, 7) is 4.08. The van der Waals surface area contributed by atoms with Crippen molar-refractivity contribution in [2.75, 3.05) is 0 Å². The van der Waals surface area contributed by atoms with E-state index in [0.717, 1.165) is 65.6 Å². The Bertz CT molecular complexity index is 1210. The van der Waals surface area contributed by atoms with E-state index in [1.165, 1.54) is 28.6 Å². The highest BCUT2D eigenvalue weighted by molar-refractivity contribution is 8.00. The molecule has 0 saturated heterocycles. The van der Waals surface area contributed by atoms with E-state index < -0.39 is 0 Å². The Morgan fingerprint density at radius 1 is 1.07 bits per heavy atom. The van der Waals surface area contributed by atoms with Gasteiger partial charge in [0.2, 0.25) is 0 Å². The molecular formula is C24H26N2O2S2. The van der Waals surface area contributed by atoms with Gasteiger partial charge in [0, 0.05) is 11.3 Å². The normalized spacial score (nSPS) is 19.3. The third-order valence-corrected chi connectivity index (χ3v) is 8.76. The van der Waals surface area contributed by atoms with Crippen molar-refractivity contribution in [2.24, 2.45) is 0 Å². The van der Waals surface area contributed by atoms with Gasteiger partial charge in [-0.3, -0.25) is 14.2 Å². The maximum atomic E-state index is 13.9. The minimum Gasteiger partial charge on any atom is -0.298 e. The fourth-order valence-electron chi connectivity index (χ4n) is 4.64. The zero-order valence-electron chi connectivity index (χ0n) is 17.5. The molecule has 0 N–H and O–H groups in total. The van der Waals surface area contributed by atoms with Gasteiger partial charge in [0.15, 0.2) is 5.16 Å². The van der Waals surface area contributed by atoms with Gasteiger partial charge in [-0.1, -0.05) is 30.3 Å². The number of Topliss-reactive ketones (excluding diaryl/α,β-unsaturated/α-hetero) is 1. The van der Waals surface area contributed by atoms with E-state index in [4.69, 9.17) is 4.98 Å². The molecule has 30 heavy (non-hydrogen) atoms. The lowest BCUT2D eigenvalue weighted by Crippen LogP contribution is -2.26. The second-order valence-corrected chi connectivity index (χ2v) is 10.8. The van der Waals surface area contributed by atoms with E-state index in [-0.39, 0.29) is 10.8 Å². The number of hydrogen-bond donors (Lipinski definition) is 0. The summed E-state index contributed by atoms with van der Waals surface area (Å²) in [6.07, 6.45) is 7.87. The van der Waals surface area contributed by atoms with Crippen LogP contribution in [0.4, 0.5) is 0 Å². The lowest BCUT2D eigenvalue weighted by atomic mass is 9.97. The van der Waals surface area contributed by atoms with E-state index in [1.807, 2.05) is 13.8 Å². The molecule has 2 aliphatic carbocycles. The Labute approximate surface area is 184 Å². The Hall–Kier alpha value is -1.92. The van der Waals surface area contributed by atoms with Crippen LogP contribution in [-0.4, -0.2) is 20.6 Å². The van der Waals surface area contributed by atoms with Crippen LogP contribution in [0.15, 0.2) is 28.2 Å². The number of thioether (sulfide) groups is 1. The van der Waals surface area contributed by atoms with Gasteiger partial charge in [-0.05, 0) is 75.1 Å². The largest absolute Gasteiger partial charge is 0.298 e. The second-order valence-electron chi connectivity index (χ2n) is 8.53. The fourth-order valence-corrected chi connectivity index (χ4v) is 7.17. The quantitative estimate of drug-likeness (QED) is 0.503. The smallest absolute Gasteiger partial charge is 0.267 e. The zero-order valence-corrected chi connectivity index (χ0v) is 19.1. The van der Waals surface area contributed by atoms with E-state index in [9.17, 15) is 9.59 Å². The van der Waals surface area contributed by atoms with Crippen LogP contribution in [0.5, 0.6) is 0 Å². The predicted octanol–water partition coefficient (Wildman–Crippen LogP) is 5.55. The van der Waals surface area contributed by atoms with Gasteiger partial charge in [0.25, 0.3) is 5.56 Å². The minimum absolute atomic E-state index is 0.0267. The molecule has 2 aromatic heterocycles. The van der Waals surface area contributed by atoms with Crippen LogP contribution in [0.3, 0.4) is 0 Å². The van der Waals surface area contributed by atoms with Gasteiger partial charge in [-0.15, -0.1) is 11.3 Å². The lowest BCUT2D eigenvalue weighted by Gasteiger charge is -2.22. The molecule has 0 bridgehead atoms. The van der Waals surface area contributed by atoms with Crippen molar-refractivity contribution in [3.8, 4) is 5.69 Å². The molecule has 1 aromatic carbocycles. The molecule has 0 amide bonds. The molecular weight excluding hydrogens is 412 g/mol. The van der Waals surface area contributed by atoms with Crippen LogP contribution in [0.25, 0.3) is 15.9 Å². The van der Waals surface area contributed by atoms with Crippen LogP contribution in [0, 0.1) is 13.8 Å². The molecule has 5 rings (SSSR count). The number of rotatable bonds is 3. The van der Waals surface area contributed by atoms with Crippen LogP contribution in [0.2, 0.25) is 0 Å². The van der Waals surface area contributed by atoms with E-state index in [0.29, 0.717) is 17.4 Å². The van der Waals surface area contributed by atoms with Gasteiger partial charge in [0.05, 0.1) is 16.3 Å². The zero-order chi connectivity index (χ0) is 20.8. The van der Waals surface area contributed by atoms with Gasteiger partial charge in [0.1, 0.15) is 10.6 Å². The molecule has 1 unspecified atom stereocenters. The first-order valence-electron chi connectivity index (χ1n) is 10.9. The molecule has 1 atom stereocenters. The average Bonchev–Trinajstić information content (AvgIpc) is 3.10. The third-order valence-electron chi connectivity index (χ3n) is 6.31. The second kappa shape index (κ2) is 7.97. The minimum atomic E-state index is -0.103. The van der Waals surface area contributed by atoms with Gasteiger partial charge in [-0.2, -0.15) is 0 Å². The third kappa shape index (κ3) is 3.44. The Morgan fingerprint density at radius 3 is 2.70 bits per heavy atom. The van der Waals surface area contributed by atoms with Crippen LogP contribution >= 0.6 is 23.1 Å². The molecule has 2 aliphatic rings. The van der Waals surface area contributed by atoms with Gasteiger partial charge in [-0.25, -0.2) is 4.98 Å². The van der Waals surface area contributed by atoms with Crippen molar-refractivity contribution in [1.29, 1.82) is 0 Å². The Balaban J connectivity index is 1.75. The van der Waals surface area contributed by atoms with Crippen molar-refractivity contribution >= 4 is 39.1 Å². The molecule has 156 valence electrons. The van der Waals surface area contributed by atoms with Gasteiger partial charge < -0.3 is 0 Å². The van der Waals surface area contributed by atoms with Crippen molar-refractivity contribution < 1.29 is 4.79 Å². The highest BCUT2D eigenvalue weighted by Gasteiger charge is 2.28. The van der Waals surface area contributed by atoms with Gasteiger partial charge >= 0.3 is 0 Å². The summed E-state index contributed by atoms with van der Waals surface area (Å²) in [7, 11) is 0. The maximum absolute atomic E-state index is 13.9. The monoisotopic (exact) mass is 438 g/mol. The fraction of sp³-hybridized carbons (Fsp3) is 0.458. The average molecular weight is 439 g/mol. The number of hydrogen-bond acceptors (Lipinski definition) is 5. The van der Waals surface area contributed by atoms with Crippen LogP contribution < -0.4 is 5.56 Å². The predicted molar refractivity (Wildman–Crippen MR) is 124 cm³/mol. The molecule has 1 fully saturated rings. The molecule has 0 radical (unpaired) electrons. The number of aromatic nitrogens is 2. The maximum Gasteiger partial charge on any atom is 0.267 e. The number of benzene rings is 1. The van der Waals surface area contributed by atoms with Crippen molar-refractivity contribution in [2.45, 2.75) is 75.6 Å². The number of thiophene rings is 1. The van der Waals surface area contributed by atoms with E-state index >= 15 is 0 Å². The summed E-state index contributed by atoms with van der Waals surface area (Å²) >= 11 is 3.17. The highest BCUT2D eigenvalue weighted by Crippen LogP contribution is 2.37. The molecule has 0 aliphatic heterocycles. The molecule has 0 spiro atoms. The molecule has 3 aromatic rings. The SMILES string of the molecule is Cc1ccc(C)c(-n2c(SC3CCCCC3=O)nc3sc4c(c3c2=O)CCCC4)c1. The summed E-state index contributed by atoms with van der Waals surface area (Å²) < 4.78 is 1.79. The first kappa shape index (κ1) is 20.0. The Morgan fingerprint density at radius 2 is 1.87 bits per heavy atom. The van der Waals surface area contributed by atoms with Crippen LogP contribution in [0.1, 0.15) is 60.1 Å². The topological polar surface area (TPSA) is 52.0 Å². The number of nitrogens with zero attached hydrogens (tertiary/aromatic N) is 2. The summed E-state index contributed by atoms with van der Waals surface area (Å²) in [4.78, 5) is 33.6. The first-order chi connectivity index (χ1) is 14.5. The summed E-state index contributed by atoms with van der Waals surface area (Å²) in [5, 5.41) is 1.36. The highest BCUT2D eigenvalue weighted by atomic mass is 32.2. The van der Waals surface area contributed by atoms with Crippen molar-refractivity contribution in [1.82, 2.24) is 9.55 Å². The first-order valence-corrected chi connectivity index (χ1v) is 12.6. The van der Waals surface area contributed by atoms with E-state index in [2.05, 4.69) is 18.2 Å². The number of fused-ring (bicyclic) bond motifs is 3. The summed E-state index contributed by atoms with van der Waals surface area (Å²) in [5.41, 5.74) is 4.28. The summed E-state index contributed by atoms with van der Waals surface area (Å²) in [6, 6.07) is 6.19.